The summed E-state index contributed by atoms with van der Waals surface area (Å²) in [7, 11) is 0. The number of rotatable bonds is 8. The van der Waals surface area contributed by atoms with Crippen LogP contribution in [0.25, 0.3) is 0 Å². The summed E-state index contributed by atoms with van der Waals surface area (Å²) in [6.07, 6.45) is 17.8. The Kier molecular flexibility index (Phi) is 9.37. The molecule has 0 amide bonds. The maximum absolute atomic E-state index is 11.8. The number of hydrogen-bond donors (Lipinski definition) is 0. The van der Waals surface area contributed by atoms with Crippen molar-refractivity contribution in [1.29, 1.82) is 0 Å². The van der Waals surface area contributed by atoms with Crippen molar-refractivity contribution in [2.45, 2.75) is 82.8 Å². The molecule has 0 atom stereocenters. The molecule has 0 heterocycles. The van der Waals surface area contributed by atoms with E-state index in [0.29, 0.717) is 16.8 Å². The molecule has 0 radical (unpaired) electrons. The number of allylic oxidation sites excluding steroid dienone is 2. The summed E-state index contributed by atoms with van der Waals surface area (Å²) in [6.45, 7) is 2.23. The summed E-state index contributed by atoms with van der Waals surface area (Å²) in [4.78, 5) is 11.8. The van der Waals surface area contributed by atoms with Crippen LogP contribution in [0.4, 0.5) is 0 Å². The predicted octanol–water partition coefficient (Wildman–Crippen LogP) is 5.50. The van der Waals surface area contributed by atoms with Crippen molar-refractivity contribution in [3.8, 4) is 0 Å². The molecule has 2 heteroatoms. The van der Waals surface area contributed by atoms with Crippen molar-refractivity contribution in [3.05, 3.63) is 12.2 Å². The number of unbranched alkanes of at least 4 members (excludes halogenated alkanes) is 4. The van der Waals surface area contributed by atoms with Crippen molar-refractivity contribution in [2.75, 3.05) is 0 Å². The first kappa shape index (κ1) is 15.8. The average Bonchev–Trinajstić information content (AvgIpc) is 2.39. The molecule has 1 rings (SSSR count). The Morgan fingerprint density at radius 3 is 2.61 bits per heavy atom. The largest absolute Gasteiger partial charge is 0.287 e. The Bertz CT molecular complexity index is 241. The lowest BCUT2D eigenvalue weighted by Crippen LogP contribution is -2.10. The molecule has 0 saturated heterocycles. The average molecular weight is 268 g/mol. The molecule has 0 aliphatic heterocycles. The van der Waals surface area contributed by atoms with Crippen LogP contribution in [0.1, 0.15) is 77.6 Å². The van der Waals surface area contributed by atoms with Gasteiger partial charge in [-0.15, -0.1) is 0 Å². The molecule has 0 unspecified atom stereocenters. The normalized spacial score (nSPS) is 17.4. The summed E-state index contributed by atoms with van der Waals surface area (Å²) in [5, 5.41) is 0.982. The van der Waals surface area contributed by atoms with Gasteiger partial charge in [0.1, 0.15) is 0 Å². The van der Waals surface area contributed by atoms with E-state index in [1.54, 1.807) is 11.8 Å². The molecule has 1 nitrogen and oxygen atoms in total. The van der Waals surface area contributed by atoms with Gasteiger partial charge in [0, 0.05) is 11.7 Å². The van der Waals surface area contributed by atoms with Gasteiger partial charge in [0.25, 0.3) is 0 Å². The molecule has 0 aromatic heterocycles. The topological polar surface area (TPSA) is 17.1 Å². The van der Waals surface area contributed by atoms with E-state index in [4.69, 9.17) is 0 Å². The molecule has 1 saturated carbocycles. The summed E-state index contributed by atoms with van der Waals surface area (Å²) in [5.74, 6) is 0. The molecule has 0 aromatic rings. The minimum absolute atomic E-state index is 0.367. The van der Waals surface area contributed by atoms with Gasteiger partial charge in [-0.2, -0.15) is 0 Å². The van der Waals surface area contributed by atoms with E-state index in [1.807, 2.05) is 0 Å². The minimum Gasteiger partial charge on any atom is -0.287 e. The zero-order valence-corrected chi connectivity index (χ0v) is 12.6. The highest BCUT2D eigenvalue weighted by Gasteiger charge is 2.16. The Morgan fingerprint density at radius 1 is 1.11 bits per heavy atom. The number of hydrogen-bond acceptors (Lipinski definition) is 2. The summed E-state index contributed by atoms with van der Waals surface area (Å²) >= 11 is 1.60. The van der Waals surface area contributed by atoms with Crippen LogP contribution in [0.3, 0.4) is 0 Å². The lowest BCUT2D eigenvalue weighted by molar-refractivity contribution is -0.110. The molecule has 18 heavy (non-hydrogen) atoms. The fourth-order valence-electron chi connectivity index (χ4n) is 2.40. The van der Waals surface area contributed by atoms with Crippen LogP contribution in [0.15, 0.2) is 12.2 Å². The molecular weight excluding hydrogens is 240 g/mol. The van der Waals surface area contributed by atoms with E-state index < -0.39 is 0 Å². The zero-order valence-electron chi connectivity index (χ0n) is 11.8. The number of thioether (sulfide) groups is 1. The van der Waals surface area contributed by atoms with Crippen LogP contribution < -0.4 is 0 Å². The van der Waals surface area contributed by atoms with Gasteiger partial charge in [0.05, 0.1) is 0 Å². The third-order valence-corrected chi connectivity index (χ3v) is 4.76. The molecule has 0 spiro atoms. The first-order valence-electron chi connectivity index (χ1n) is 7.67. The monoisotopic (exact) mass is 268 g/mol. The van der Waals surface area contributed by atoms with Crippen LogP contribution in [0, 0.1) is 0 Å². The van der Waals surface area contributed by atoms with Gasteiger partial charge in [-0.05, 0) is 25.7 Å². The van der Waals surface area contributed by atoms with Gasteiger partial charge >= 0.3 is 0 Å². The number of carbonyl (C=O) groups excluding carboxylic acids is 1. The molecule has 0 bridgehead atoms. The SMILES string of the molecule is CCCCCC/C=C/CC(=O)SC1CCCCC1. The van der Waals surface area contributed by atoms with Crippen molar-refractivity contribution in [2.24, 2.45) is 0 Å². The van der Waals surface area contributed by atoms with Gasteiger partial charge in [-0.1, -0.05) is 69.4 Å². The number of carbonyl (C=O) groups is 1. The molecule has 104 valence electrons. The van der Waals surface area contributed by atoms with Gasteiger partial charge in [-0.25, -0.2) is 0 Å². The molecule has 1 aliphatic carbocycles. The maximum Gasteiger partial charge on any atom is 0.192 e. The smallest absolute Gasteiger partial charge is 0.192 e. The summed E-state index contributed by atoms with van der Waals surface area (Å²) in [6, 6.07) is 0. The van der Waals surface area contributed by atoms with E-state index >= 15 is 0 Å². The third-order valence-electron chi connectivity index (χ3n) is 3.53. The van der Waals surface area contributed by atoms with Crippen LogP contribution >= 0.6 is 11.8 Å². The lowest BCUT2D eigenvalue weighted by Gasteiger charge is -2.19. The highest BCUT2D eigenvalue weighted by molar-refractivity contribution is 8.14. The fourth-order valence-corrected chi connectivity index (χ4v) is 3.54. The highest BCUT2D eigenvalue weighted by atomic mass is 32.2. The van der Waals surface area contributed by atoms with E-state index in [1.165, 1.54) is 57.8 Å². The first-order valence-corrected chi connectivity index (χ1v) is 8.55. The van der Waals surface area contributed by atoms with E-state index in [9.17, 15) is 4.79 Å². The van der Waals surface area contributed by atoms with E-state index in [0.717, 1.165) is 6.42 Å². The van der Waals surface area contributed by atoms with Crippen LogP contribution in [0.5, 0.6) is 0 Å². The molecule has 1 aliphatic rings. The van der Waals surface area contributed by atoms with Crippen LogP contribution in [-0.2, 0) is 4.79 Å². The van der Waals surface area contributed by atoms with Gasteiger partial charge in [0.15, 0.2) is 5.12 Å². The van der Waals surface area contributed by atoms with E-state index in [-0.39, 0.29) is 0 Å². The van der Waals surface area contributed by atoms with Crippen molar-refractivity contribution < 1.29 is 4.79 Å². The third kappa shape index (κ3) is 7.97. The first-order chi connectivity index (χ1) is 8.83. The molecule has 0 aromatic carbocycles. The minimum atomic E-state index is 0.367. The van der Waals surface area contributed by atoms with Gasteiger partial charge < -0.3 is 0 Å². The van der Waals surface area contributed by atoms with Gasteiger partial charge in [-0.3, -0.25) is 4.79 Å². The van der Waals surface area contributed by atoms with Crippen LogP contribution in [0.2, 0.25) is 0 Å². The Balaban J connectivity index is 2.00. The van der Waals surface area contributed by atoms with Crippen LogP contribution in [-0.4, -0.2) is 10.4 Å². The Hall–Kier alpha value is -0.240. The zero-order chi connectivity index (χ0) is 13.1. The highest BCUT2D eigenvalue weighted by Crippen LogP contribution is 2.29. The van der Waals surface area contributed by atoms with Crippen molar-refractivity contribution >= 4 is 16.9 Å². The van der Waals surface area contributed by atoms with E-state index in [2.05, 4.69) is 19.1 Å². The fraction of sp³-hybridized carbons (Fsp3) is 0.812. The molecule has 0 N–H and O–H groups in total. The Morgan fingerprint density at radius 2 is 1.89 bits per heavy atom. The quantitative estimate of drug-likeness (QED) is 0.427. The standard InChI is InChI=1S/C16H28OS/c1-2-3-4-5-6-7-11-14-16(17)18-15-12-9-8-10-13-15/h7,11,15H,2-6,8-10,12-14H2,1H3/b11-7+. The predicted molar refractivity (Wildman–Crippen MR) is 82.0 cm³/mol. The molecule has 1 fully saturated rings. The second kappa shape index (κ2) is 10.7. The summed E-state index contributed by atoms with van der Waals surface area (Å²) in [5.41, 5.74) is 0. The lowest BCUT2D eigenvalue weighted by atomic mass is 10.0. The Labute approximate surface area is 117 Å². The van der Waals surface area contributed by atoms with Gasteiger partial charge in [0.2, 0.25) is 0 Å². The second-order valence-corrected chi connectivity index (χ2v) is 6.63. The second-order valence-electron chi connectivity index (χ2n) is 5.27. The summed E-state index contributed by atoms with van der Waals surface area (Å²) < 4.78 is 0. The van der Waals surface area contributed by atoms with Crippen molar-refractivity contribution in [3.63, 3.8) is 0 Å². The maximum atomic E-state index is 11.8. The van der Waals surface area contributed by atoms with Crippen molar-refractivity contribution in [1.82, 2.24) is 0 Å². The molecular formula is C16H28OS.